The molecular formula is C17H22FNO5S. The Labute approximate surface area is 146 Å². The van der Waals surface area contributed by atoms with Gasteiger partial charge in [-0.05, 0) is 31.4 Å². The summed E-state index contributed by atoms with van der Waals surface area (Å²) in [6.45, 7) is 1.68. The predicted octanol–water partition coefficient (Wildman–Crippen LogP) is 1.34. The molecule has 2 rings (SSSR count). The maximum Gasteiger partial charge on any atom is 0.306 e. The van der Waals surface area contributed by atoms with E-state index in [2.05, 4.69) is 0 Å². The molecule has 1 atom stereocenters. The van der Waals surface area contributed by atoms with Gasteiger partial charge in [-0.3, -0.25) is 9.59 Å². The van der Waals surface area contributed by atoms with Crippen LogP contribution >= 0.6 is 0 Å². The minimum absolute atomic E-state index is 0.0296. The molecule has 0 N–H and O–H groups in total. The number of hydrogen-bond donors (Lipinski definition) is 0. The molecule has 138 valence electrons. The fraction of sp³-hybridized carbons (Fsp3) is 0.529. The molecule has 1 saturated heterocycles. The number of benzene rings is 1. The first-order chi connectivity index (χ1) is 11.8. The van der Waals surface area contributed by atoms with Crippen LogP contribution in [0.5, 0.6) is 0 Å². The maximum absolute atomic E-state index is 13.5. The summed E-state index contributed by atoms with van der Waals surface area (Å²) >= 11 is 0. The summed E-state index contributed by atoms with van der Waals surface area (Å²) in [7, 11) is -3.10. The van der Waals surface area contributed by atoms with Crippen LogP contribution in [-0.2, 0) is 30.6 Å². The Balaban J connectivity index is 1.80. The molecule has 1 amide bonds. The number of aryl methyl sites for hydroxylation is 1. The molecule has 0 aromatic heterocycles. The lowest BCUT2D eigenvalue weighted by molar-refractivity contribution is -0.152. The van der Waals surface area contributed by atoms with Crippen molar-refractivity contribution in [2.45, 2.75) is 32.2 Å². The van der Waals surface area contributed by atoms with Crippen LogP contribution in [0.1, 0.15) is 25.3 Å². The van der Waals surface area contributed by atoms with Gasteiger partial charge in [-0.2, -0.15) is 0 Å². The van der Waals surface area contributed by atoms with E-state index in [9.17, 15) is 22.4 Å². The van der Waals surface area contributed by atoms with Crippen LogP contribution in [0.2, 0.25) is 0 Å². The molecule has 0 saturated carbocycles. The van der Waals surface area contributed by atoms with Gasteiger partial charge >= 0.3 is 5.97 Å². The van der Waals surface area contributed by atoms with E-state index in [0.717, 1.165) is 0 Å². The van der Waals surface area contributed by atoms with E-state index < -0.39 is 28.3 Å². The van der Waals surface area contributed by atoms with Gasteiger partial charge in [-0.25, -0.2) is 12.8 Å². The predicted molar refractivity (Wildman–Crippen MR) is 90.1 cm³/mol. The molecule has 0 bridgehead atoms. The zero-order chi connectivity index (χ0) is 18.4. The summed E-state index contributed by atoms with van der Waals surface area (Å²) in [6, 6.07) is 5.80. The molecule has 25 heavy (non-hydrogen) atoms. The second kappa shape index (κ2) is 8.42. The molecule has 1 aliphatic rings. The van der Waals surface area contributed by atoms with E-state index in [0.29, 0.717) is 18.5 Å². The normalized spacial score (nSPS) is 18.7. The third-order valence-electron chi connectivity index (χ3n) is 4.22. The molecule has 0 spiro atoms. The summed E-state index contributed by atoms with van der Waals surface area (Å²) < 4.78 is 41.5. The number of nitrogens with zero attached hydrogens (tertiary/aromatic N) is 1. The van der Waals surface area contributed by atoms with Gasteiger partial charge in [0.15, 0.2) is 16.4 Å². The Morgan fingerprint density at radius 2 is 2.04 bits per heavy atom. The topological polar surface area (TPSA) is 80.8 Å². The van der Waals surface area contributed by atoms with Gasteiger partial charge in [-0.1, -0.05) is 18.2 Å². The fourth-order valence-corrected chi connectivity index (χ4v) is 4.63. The first-order valence-electron chi connectivity index (χ1n) is 8.21. The largest absolute Gasteiger partial charge is 0.456 e. The molecule has 1 unspecified atom stereocenters. The molecule has 0 aliphatic carbocycles. The second-order valence-electron chi connectivity index (χ2n) is 5.99. The van der Waals surface area contributed by atoms with Gasteiger partial charge in [-0.15, -0.1) is 0 Å². The van der Waals surface area contributed by atoms with Crippen LogP contribution < -0.4 is 0 Å². The molecular weight excluding hydrogens is 349 g/mol. The number of carbonyl (C=O) groups is 2. The number of rotatable bonds is 7. The van der Waals surface area contributed by atoms with Crippen LogP contribution in [0.3, 0.4) is 0 Å². The van der Waals surface area contributed by atoms with Gasteiger partial charge in [0.25, 0.3) is 5.91 Å². The number of esters is 1. The third-order valence-corrected chi connectivity index (χ3v) is 5.97. The quantitative estimate of drug-likeness (QED) is 0.676. The molecule has 1 aromatic rings. The number of ether oxygens (including phenoxy) is 1. The zero-order valence-corrected chi connectivity index (χ0v) is 14.9. The van der Waals surface area contributed by atoms with Gasteiger partial charge in [0.1, 0.15) is 5.82 Å². The Morgan fingerprint density at radius 1 is 1.32 bits per heavy atom. The summed E-state index contributed by atoms with van der Waals surface area (Å²) in [4.78, 5) is 25.4. The Morgan fingerprint density at radius 3 is 2.64 bits per heavy atom. The summed E-state index contributed by atoms with van der Waals surface area (Å²) in [6.07, 6.45) is 0.569. The van der Waals surface area contributed by atoms with E-state index in [-0.39, 0.29) is 36.2 Å². The number of carbonyl (C=O) groups excluding carboxylic acids is 2. The molecule has 1 aromatic carbocycles. The molecule has 6 nitrogen and oxygen atoms in total. The number of likely N-dealkylation sites (N-methyl/N-ethyl adjacent to an activating group) is 1. The fourth-order valence-electron chi connectivity index (χ4n) is 2.89. The lowest BCUT2D eigenvalue weighted by atomic mass is 10.1. The van der Waals surface area contributed by atoms with E-state index in [1.165, 1.54) is 11.0 Å². The molecule has 0 radical (unpaired) electrons. The van der Waals surface area contributed by atoms with Crippen LogP contribution in [0, 0.1) is 5.82 Å². The van der Waals surface area contributed by atoms with Crippen molar-refractivity contribution in [1.82, 2.24) is 4.90 Å². The molecule has 1 fully saturated rings. The monoisotopic (exact) mass is 371 g/mol. The SMILES string of the molecule is CCN(C(=O)COC(=O)CCc1ccccc1F)C1CCS(=O)(=O)C1. The highest BCUT2D eigenvalue weighted by molar-refractivity contribution is 7.91. The van der Waals surface area contributed by atoms with Crippen molar-refractivity contribution in [3.05, 3.63) is 35.6 Å². The van der Waals surface area contributed by atoms with Gasteiger partial charge in [0.2, 0.25) is 0 Å². The average molecular weight is 371 g/mol. The summed E-state index contributed by atoms with van der Waals surface area (Å²) in [5.41, 5.74) is 0.414. The smallest absolute Gasteiger partial charge is 0.306 e. The second-order valence-corrected chi connectivity index (χ2v) is 8.22. The van der Waals surface area contributed by atoms with Crippen molar-refractivity contribution < 1.29 is 27.1 Å². The molecule has 8 heteroatoms. The highest BCUT2D eigenvalue weighted by Crippen LogP contribution is 2.18. The first-order valence-corrected chi connectivity index (χ1v) is 10.0. The van der Waals surface area contributed by atoms with Crippen molar-refractivity contribution in [3.63, 3.8) is 0 Å². The maximum atomic E-state index is 13.5. The highest BCUT2D eigenvalue weighted by Gasteiger charge is 2.34. The summed E-state index contributed by atoms with van der Waals surface area (Å²) in [5, 5.41) is 0. The highest BCUT2D eigenvalue weighted by atomic mass is 32.2. The summed E-state index contributed by atoms with van der Waals surface area (Å²) in [5.74, 6) is -1.36. The standard InChI is InChI=1S/C17H22FNO5S/c1-2-19(14-9-10-25(22,23)12-14)16(20)11-24-17(21)8-7-13-5-3-4-6-15(13)18/h3-6,14H,2,7-12H2,1H3. The van der Waals surface area contributed by atoms with E-state index in [1.54, 1.807) is 25.1 Å². The minimum Gasteiger partial charge on any atom is -0.456 e. The zero-order valence-electron chi connectivity index (χ0n) is 14.1. The average Bonchev–Trinajstić information content (AvgIpc) is 2.92. The molecule has 1 heterocycles. The third kappa shape index (κ3) is 5.52. The van der Waals surface area contributed by atoms with Gasteiger partial charge in [0.05, 0.1) is 11.5 Å². The van der Waals surface area contributed by atoms with Crippen LogP contribution in [0.25, 0.3) is 0 Å². The van der Waals surface area contributed by atoms with Crippen molar-refractivity contribution in [2.24, 2.45) is 0 Å². The molecule has 1 aliphatic heterocycles. The van der Waals surface area contributed by atoms with Crippen LogP contribution in [0.4, 0.5) is 4.39 Å². The van der Waals surface area contributed by atoms with Crippen LogP contribution in [0.15, 0.2) is 24.3 Å². The van der Waals surface area contributed by atoms with E-state index >= 15 is 0 Å². The number of sulfone groups is 1. The van der Waals surface area contributed by atoms with Gasteiger partial charge in [0, 0.05) is 19.0 Å². The van der Waals surface area contributed by atoms with E-state index in [4.69, 9.17) is 4.74 Å². The first kappa shape index (κ1) is 19.4. The van der Waals surface area contributed by atoms with E-state index in [1.807, 2.05) is 0 Å². The van der Waals surface area contributed by atoms with Crippen molar-refractivity contribution >= 4 is 21.7 Å². The number of halogens is 1. The van der Waals surface area contributed by atoms with Gasteiger partial charge < -0.3 is 9.64 Å². The lowest BCUT2D eigenvalue weighted by Crippen LogP contribution is -2.43. The lowest BCUT2D eigenvalue weighted by Gasteiger charge is -2.26. The van der Waals surface area contributed by atoms with Crippen molar-refractivity contribution in [1.29, 1.82) is 0 Å². The Hall–Kier alpha value is -1.96. The number of amides is 1. The minimum atomic E-state index is -3.10. The van der Waals surface area contributed by atoms with Crippen LogP contribution in [-0.4, -0.2) is 55.9 Å². The Kier molecular flexibility index (Phi) is 6.52. The van der Waals surface area contributed by atoms with Crippen molar-refractivity contribution in [2.75, 3.05) is 24.7 Å². The van der Waals surface area contributed by atoms with Crippen molar-refractivity contribution in [3.8, 4) is 0 Å². The Bertz CT molecular complexity index is 734. The number of hydrogen-bond acceptors (Lipinski definition) is 5.